The molecule has 2 rings (SSSR count). The summed E-state index contributed by atoms with van der Waals surface area (Å²) < 4.78 is 0. The van der Waals surface area contributed by atoms with E-state index in [0.29, 0.717) is 18.4 Å². The number of likely N-dealkylation sites (N-methyl/N-ethyl adjacent to an activating group) is 1. The van der Waals surface area contributed by atoms with Crippen LogP contribution in [0.5, 0.6) is 0 Å². The SMILES string of the molecule is CCN(CC(=O)O)C(=O)C1C2CCCC21. The lowest BCUT2D eigenvalue weighted by Crippen LogP contribution is -2.37. The lowest BCUT2D eigenvalue weighted by molar-refractivity contribution is -0.145. The molecule has 2 unspecified atom stereocenters. The van der Waals surface area contributed by atoms with E-state index in [1.807, 2.05) is 6.92 Å². The molecule has 1 N–H and O–H groups in total. The maximum atomic E-state index is 11.9. The molecule has 2 saturated carbocycles. The zero-order valence-electron chi connectivity index (χ0n) is 8.98. The van der Waals surface area contributed by atoms with E-state index in [-0.39, 0.29) is 18.4 Å². The van der Waals surface area contributed by atoms with Gasteiger partial charge < -0.3 is 10.0 Å². The zero-order valence-corrected chi connectivity index (χ0v) is 8.98. The van der Waals surface area contributed by atoms with Crippen LogP contribution in [-0.2, 0) is 9.59 Å². The number of aliphatic carboxylic acids is 1. The van der Waals surface area contributed by atoms with Crippen molar-refractivity contribution in [3.05, 3.63) is 0 Å². The molecule has 2 fully saturated rings. The molecular weight excluding hydrogens is 194 g/mol. The summed E-state index contributed by atoms with van der Waals surface area (Å²) in [6.07, 6.45) is 3.56. The highest BCUT2D eigenvalue weighted by Crippen LogP contribution is 2.58. The van der Waals surface area contributed by atoms with Crippen LogP contribution in [0.15, 0.2) is 0 Å². The summed E-state index contributed by atoms with van der Waals surface area (Å²) in [5, 5.41) is 8.68. The van der Waals surface area contributed by atoms with Gasteiger partial charge in [-0.15, -0.1) is 0 Å². The van der Waals surface area contributed by atoms with Crippen molar-refractivity contribution >= 4 is 11.9 Å². The quantitative estimate of drug-likeness (QED) is 0.753. The van der Waals surface area contributed by atoms with E-state index >= 15 is 0 Å². The van der Waals surface area contributed by atoms with Crippen molar-refractivity contribution in [1.82, 2.24) is 4.90 Å². The van der Waals surface area contributed by atoms with Crippen molar-refractivity contribution in [1.29, 1.82) is 0 Å². The summed E-state index contributed by atoms with van der Waals surface area (Å²) in [5.41, 5.74) is 0. The number of carbonyl (C=O) groups is 2. The Labute approximate surface area is 89.3 Å². The molecule has 4 heteroatoms. The Balaban J connectivity index is 1.92. The molecule has 0 bridgehead atoms. The van der Waals surface area contributed by atoms with E-state index in [4.69, 9.17) is 5.11 Å². The molecule has 0 saturated heterocycles. The normalized spacial score (nSPS) is 32.2. The Morgan fingerprint density at radius 2 is 1.93 bits per heavy atom. The largest absolute Gasteiger partial charge is 0.480 e. The average molecular weight is 211 g/mol. The van der Waals surface area contributed by atoms with Crippen molar-refractivity contribution in [3.63, 3.8) is 0 Å². The predicted molar refractivity (Wildman–Crippen MR) is 54.2 cm³/mol. The summed E-state index contributed by atoms with van der Waals surface area (Å²) in [7, 11) is 0. The van der Waals surface area contributed by atoms with Crippen molar-refractivity contribution in [2.75, 3.05) is 13.1 Å². The Bertz CT molecular complexity index is 280. The van der Waals surface area contributed by atoms with Gasteiger partial charge in [-0.3, -0.25) is 9.59 Å². The van der Waals surface area contributed by atoms with E-state index in [2.05, 4.69) is 0 Å². The minimum atomic E-state index is -0.920. The Hall–Kier alpha value is -1.06. The van der Waals surface area contributed by atoms with Crippen LogP contribution in [0.4, 0.5) is 0 Å². The topological polar surface area (TPSA) is 57.6 Å². The van der Waals surface area contributed by atoms with Gasteiger partial charge in [-0.1, -0.05) is 6.42 Å². The fourth-order valence-electron chi connectivity index (χ4n) is 2.91. The van der Waals surface area contributed by atoms with Crippen LogP contribution < -0.4 is 0 Å². The van der Waals surface area contributed by atoms with Gasteiger partial charge in [0.1, 0.15) is 6.54 Å². The molecule has 0 spiro atoms. The first kappa shape index (κ1) is 10.5. The number of carbonyl (C=O) groups excluding carboxylic acids is 1. The van der Waals surface area contributed by atoms with Gasteiger partial charge in [-0.25, -0.2) is 0 Å². The zero-order chi connectivity index (χ0) is 11.0. The molecule has 0 aromatic heterocycles. The fourth-order valence-corrected chi connectivity index (χ4v) is 2.91. The molecule has 84 valence electrons. The molecular formula is C11H17NO3. The Morgan fingerprint density at radius 3 is 2.40 bits per heavy atom. The maximum absolute atomic E-state index is 11.9. The van der Waals surface area contributed by atoms with Gasteiger partial charge in [0.15, 0.2) is 0 Å². The van der Waals surface area contributed by atoms with Gasteiger partial charge in [0.05, 0.1) is 0 Å². The third kappa shape index (κ3) is 1.85. The van der Waals surface area contributed by atoms with Crippen LogP contribution in [0, 0.1) is 17.8 Å². The van der Waals surface area contributed by atoms with Crippen LogP contribution in [-0.4, -0.2) is 35.0 Å². The number of amides is 1. The first-order chi connectivity index (χ1) is 7.15. The molecule has 2 aliphatic carbocycles. The summed E-state index contributed by atoms with van der Waals surface area (Å²) in [5.74, 6) is 0.435. The third-order valence-electron chi connectivity index (χ3n) is 3.71. The van der Waals surface area contributed by atoms with Crippen LogP contribution >= 0.6 is 0 Å². The number of fused-ring (bicyclic) bond motifs is 1. The van der Waals surface area contributed by atoms with Crippen molar-refractivity contribution in [3.8, 4) is 0 Å². The second-order valence-electron chi connectivity index (χ2n) is 4.53. The number of carboxylic acids is 1. The van der Waals surface area contributed by atoms with Crippen molar-refractivity contribution in [2.45, 2.75) is 26.2 Å². The summed E-state index contributed by atoms with van der Waals surface area (Å²) in [4.78, 5) is 24.0. The van der Waals surface area contributed by atoms with Crippen molar-refractivity contribution in [2.24, 2.45) is 17.8 Å². The van der Waals surface area contributed by atoms with Gasteiger partial charge in [0.2, 0.25) is 5.91 Å². The highest BCUT2D eigenvalue weighted by atomic mass is 16.4. The minimum absolute atomic E-state index is 0.0644. The molecule has 0 heterocycles. The first-order valence-electron chi connectivity index (χ1n) is 5.65. The number of rotatable bonds is 4. The smallest absolute Gasteiger partial charge is 0.323 e. The number of hydrogen-bond donors (Lipinski definition) is 1. The van der Waals surface area contributed by atoms with Gasteiger partial charge in [0, 0.05) is 12.5 Å². The monoisotopic (exact) mass is 211 g/mol. The van der Waals surface area contributed by atoms with E-state index in [1.54, 1.807) is 0 Å². The first-order valence-corrected chi connectivity index (χ1v) is 5.65. The van der Waals surface area contributed by atoms with Crippen LogP contribution in [0.1, 0.15) is 26.2 Å². The van der Waals surface area contributed by atoms with E-state index in [9.17, 15) is 9.59 Å². The minimum Gasteiger partial charge on any atom is -0.480 e. The molecule has 2 atom stereocenters. The summed E-state index contributed by atoms with van der Waals surface area (Å²) in [6, 6.07) is 0. The highest BCUT2D eigenvalue weighted by molar-refractivity contribution is 5.85. The predicted octanol–water partition coefficient (Wildman–Crippen LogP) is 0.966. The average Bonchev–Trinajstić information content (AvgIpc) is 2.67. The van der Waals surface area contributed by atoms with E-state index in [0.717, 1.165) is 12.8 Å². The van der Waals surface area contributed by atoms with E-state index in [1.165, 1.54) is 11.3 Å². The van der Waals surface area contributed by atoms with Crippen molar-refractivity contribution < 1.29 is 14.7 Å². The standard InChI is InChI=1S/C11H17NO3/c1-2-12(6-9(13)14)11(15)10-7-4-3-5-8(7)10/h7-8,10H,2-6H2,1H3,(H,13,14). The Morgan fingerprint density at radius 1 is 1.33 bits per heavy atom. The molecule has 0 aromatic rings. The number of nitrogens with zero attached hydrogens (tertiary/aromatic N) is 1. The van der Waals surface area contributed by atoms with Crippen LogP contribution in [0.3, 0.4) is 0 Å². The summed E-state index contributed by atoms with van der Waals surface area (Å²) in [6.45, 7) is 2.19. The highest BCUT2D eigenvalue weighted by Gasteiger charge is 2.57. The second-order valence-corrected chi connectivity index (χ2v) is 4.53. The summed E-state index contributed by atoms with van der Waals surface area (Å²) >= 11 is 0. The van der Waals surface area contributed by atoms with Crippen LogP contribution in [0.2, 0.25) is 0 Å². The molecule has 2 aliphatic rings. The van der Waals surface area contributed by atoms with Gasteiger partial charge in [-0.2, -0.15) is 0 Å². The molecule has 4 nitrogen and oxygen atoms in total. The molecule has 15 heavy (non-hydrogen) atoms. The van der Waals surface area contributed by atoms with Crippen LogP contribution in [0.25, 0.3) is 0 Å². The Kier molecular flexibility index (Phi) is 2.67. The molecule has 0 radical (unpaired) electrons. The molecule has 0 aliphatic heterocycles. The maximum Gasteiger partial charge on any atom is 0.323 e. The lowest BCUT2D eigenvalue weighted by atomic mass is 10.1. The number of hydrogen-bond acceptors (Lipinski definition) is 2. The fraction of sp³-hybridized carbons (Fsp3) is 0.818. The van der Waals surface area contributed by atoms with Gasteiger partial charge >= 0.3 is 5.97 Å². The third-order valence-corrected chi connectivity index (χ3v) is 3.71. The molecule has 0 aromatic carbocycles. The van der Waals surface area contributed by atoms with Gasteiger partial charge in [-0.05, 0) is 31.6 Å². The second kappa shape index (κ2) is 3.83. The van der Waals surface area contributed by atoms with E-state index < -0.39 is 5.97 Å². The number of carboxylic acid groups (broad SMARTS) is 1. The van der Waals surface area contributed by atoms with Gasteiger partial charge in [0.25, 0.3) is 0 Å². The lowest BCUT2D eigenvalue weighted by Gasteiger charge is -2.19. The molecule has 1 amide bonds.